The molecule has 0 bridgehead atoms. The highest BCUT2D eigenvalue weighted by molar-refractivity contribution is 7.10. The van der Waals surface area contributed by atoms with Gasteiger partial charge in [0.15, 0.2) is 0 Å². The molecule has 0 amide bonds. The highest BCUT2D eigenvalue weighted by Gasteiger charge is 2.38. The molecule has 0 aliphatic carbocycles. The first-order chi connectivity index (χ1) is 14.6. The Bertz CT molecular complexity index is 1310. The summed E-state index contributed by atoms with van der Waals surface area (Å²) in [5, 5.41) is 21.3. The largest absolute Gasteiger partial charge is 0.422 e. The first kappa shape index (κ1) is 18.2. The minimum absolute atomic E-state index is 0.105. The van der Waals surface area contributed by atoms with E-state index in [0.717, 1.165) is 33.2 Å². The van der Waals surface area contributed by atoms with Gasteiger partial charge in [0.1, 0.15) is 17.3 Å². The number of ether oxygens (including phenoxy) is 1. The minimum atomic E-state index is -0.360. The lowest BCUT2D eigenvalue weighted by Crippen LogP contribution is -2.21. The lowest BCUT2D eigenvalue weighted by Gasteiger charge is -2.24. The van der Waals surface area contributed by atoms with Crippen molar-refractivity contribution in [3.8, 4) is 29.0 Å². The fraction of sp³-hybridized carbons (Fsp3) is 0.136. The number of nitrogens with two attached hydrogens (primary N) is 1. The van der Waals surface area contributed by atoms with Crippen LogP contribution in [0.1, 0.15) is 22.1 Å². The molecule has 0 spiro atoms. The van der Waals surface area contributed by atoms with Crippen molar-refractivity contribution in [1.82, 2.24) is 19.6 Å². The van der Waals surface area contributed by atoms with Gasteiger partial charge >= 0.3 is 0 Å². The van der Waals surface area contributed by atoms with E-state index in [9.17, 15) is 5.26 Å². The van der Waals surface area contributed by atoms with E-state index in [2.05, 4.69) is 11.2 Å². The summed E-state index contributed by atoms with van der Waals surface area (Å²) < 4.78 is 9.55. The van der Waals surface area contributed by atoms with Gasteiger partial charge in [-0.25, -0.2) is 0 Å². The number of para-hydroxylation sites is 1. The molecule has 1 unspecified atom stereocenters. The van der Waals surface area contributed by atoms with Crippen LogP contribution in [0, 0.1) is 18.3 Å². The molecule has 148 valence electrons. The molecule has 8 heteroatoms. The van der Waals surface area contributed by atoms with Crippen molar-refractivity contribution in [2.24, 2.45) is 12.8 Å². The Morgan fingerprint density at radius 1 is 1.17 bits per heavy atom. The normalized spacial score (nSPS) is 15.6. The monoisotopic (exact) mass is 414 g/mol. The van der Waals surface area contributed by atoms with E-state index < -0.39 is 0 Å². The maximum Gasteiger partial charge on any atom is 0.229 e. The Hall–Kier alpha value is -3.83. The summed E-state index contributed by atoms with van der Waals surface area (Å²) in [6.07, 6.45) is 0. The summed E-state index contributed by atoms with van der Waals surface area (Å²) in [5.41, 5.74) is 10.7. The summed E-state index contributed by atoms with van der Waals surface area (Å²) >= 11 is 1.58. The SMILES string of the molecule is Cc1cc(-c2nn(-c3ccccc3)c3c2C(c2cccs2)C(C#N)=C(N)O3)n(C)n1. The molecule has 0 radical (unpaired) electrons. The van der Waals surface area contributed by atoms with Crippen molar-refractivity contribution in [3.05, 3.63) is 81.5 Å². The van der Waals surface area contributed by atoms with Gasteiger partial charge in [0.25, 0.3) is 0 Å². The van der Waals surface area contributed by atoms with Crippen LogP contribution >= 0.6 is 11.3 Å². The Morgan fingerprint density at radius 3 is 2.60 bits per heavy atom. The minimum Gasteiger partial charge on any atom is -0.422 e. The van der Waals surface area contributed by atoms with Gasteiger partial charge < -0.3 is 10.5 Å². The molecule has 4 aromatic rings. The number of thiophene rings is 1. The molecule has 1 atom stereocenters. The Balaban J connectivity index is 1.85. The van der Waals surface area contributed by atoms with Gasteiger partial charge in [-0.1, -0.05) is 24.3 Å². The molecule has 4 heterocycles. The number of aromatic nitrogens is 4. The number of hydrogen-bond acceptors (Lipinski definition) is 6. The maximum absolute atomic E-state index is 9.89. The molecule has 0 fully saturated rings. The third-order valence-corrected chi connectivity index (χ3v) is 6.06. The molecule has 3 aromatic heterocycles. The Labute approximate surface area is 177 Å². The topological polar surface area (TPSA) is 94.7 Å². The first-order valence-corrected chi connectivity index (χ1v) is 10.3. The van der Waals surface area contributed by atoms with Crippen molar-refractivity contribution in [1.29, 1.82) is 5.26 Å². The lowest BCUT2D eigenvalue weighted by molar-refractivity contribution is 0.367. The molecule has 2 N–H and O–H groups in total. The third kappa shape index (κ3) is 2.71. The average Bonchev–Trinajstić information content (AvgIpc) is 3.46. The molecular formula is C22H18N6OS. The Kier molecular flexibility index (Phi) is 4.19. The number of nitrogens with zero attached hydrogens (tertiary/aromatic N) is 5. The average molecular weight is 414 g/mol. The molecule has 0 saturated heterocycles. The van der Waals surface area contributed by atoms with Crippen LogP contribution in [0.4, 0.5) is 0 Å². The standard InChI is InChI=1S/C22H18N6OS/c1-13-11-16(27(2)25-13)20-19-18(17-9-6-10-30-17)15(12-23)21(24)29-22(19)28(26-20)14-7-4-3-5-8-14/h3-11,18H,24H2,1-2H3. The number of hydrogen-bond donors (Lipinski definition) is 1. The smallest absolute Gasteiger partial charge is 0.229 e. The zero-order valence-electron chi connectivity index (χ0n) is 16.4. The van der Waals surface area contributed by atoms with E-state index >= 15 is 0 Å². The third-order valence-electron chi connectivity index (χ3n) is 5.12. The number of allylic oxidation sites excluding steroid dienone is 1. The van der Waals surface area contributed by atoms with E-state index in [1.54, 1.807) is 20.7 Å². The summed E-state index contributed by atoms with van der Waals surface area (Å²) in [4.78, 5) is 1.01. The molecule has 1 aliphatic heterocycles. The van der Waals surface area contributed by atoms with Crippen LogP contribution < -0.4 is 10.5 Å². The van der Waals surface area contributed by atoms with Crippen molar-refractivity contribution in [3.63, 3.8) is 0 Å². The van der Waals surface area contributed by atoms with Crippen molar-refractivity contribution in [2.45, 2.75) is 12.8 Å². The maximum atomic E-state index is 9.89. The number of aryl methyl sites for hydroxylation is 2. The van der Waals surface area contributed by atoms with Gasteiger partial charge in [0, 0.05) is 11.9 Å². The van der Waals surface area contributed by atoms with Gasteiger partial charge in [-0.15, -0.1) is 11.3 Å². The predicted molar refractivity (Wildman–Crippen MR) is 114 cm³/mol. The molecule has 1 aromatic carbocycles. The Morgan fingerprint density at radius 2 is 1.97 bits per heavy atom. The summed E-state index contributed by atoms with van der Waals surface area (Å²) in [5.74, 6) is 0.264. The highest BCUT2D eigenvalue weighted by atomic mass is 32.1. The second-order valence-corrected chi connectivity index (χ2v) is 8.03. The second-order valence-electron chi connectivity index (χ2n) is 7.05. The number of rotatable bonds is 3. The molecule has 1 aliphatic rings. The lowest BCUT2D eigenvalue weighted by atomic mass is 9.88. The molecule has 30 heavy (non-hydrogen) atoms. The van der Waals surface area contributed by atoms with Crippen molar-refractivity contribution >= 4 is 11.3 Å². The van der Waals surface area contributed by atoms with Gasteiger partial charge in [0.05, 0.1) is 28.6 Å². The molecular weight excluding hydrogens is 396 g/mol. The van der Waals surface area contributed by atoms with Crippen LogP contribution in [0.2, 0.25) is 0 Å². The number of benzene rings is 1. The van der Waals surface area contributed by atoms with Gasteiger partial charge in [-0.3, -0.25) is 4.68 Å². The molecule has 7 nitrogen and oxygen atoms in total. The van der Waals surface area contributed by atoms with E-state index in [4.69, 9.17) is 15.6 Å². The van der Waals surface area contributed by atoms with Crippen LogP contribution in [0.3, 0.4) is 0 Å². The van der Waals surface area contributed by atoms with Crippen LogP contribution in [0.15, 0.2) is 65.4 Å². The summed E-state index contributed by atoms with van der Waals surface area (Å²) in [7, 11) is 1.88. The van der Waals surface area contributed by atoms with E-state index in [1.165, 1.54) is 0 Å². The number of fused-ring (bicyclic) bond motifs is 1. The summed E-state index contributed by atoms with van der Waals surface area (Å²) in [6, 6.07) is 18.0. The van der Waals surface area contributed by atoms with Crippen LogP contribution in [-0.4, -0.2) is 19.6 Å². The predicted octanol–water partition coefficient (Wildman–Crippen LogP) is 3.86. The zero-order chi connectivity index (χ0) is 20.8. The quantitative estimate of drug-likeness (QED) is 0.549. The van der Waals surface area contributed by atoms with E-state index in [-0.39, 0.29) is 11.8 Å². The van der Waals surface area contributed by atoms with Crippen LogP contribution in [0.5, 0.6) is 5.88 Å². The first-order valence-electron chi connectivity index (χ1n) is 9.39. The van der Waals surface area contributed by atoms with E-state index in [0.29, 0.717) is 11.5 Å². The fourth-order valence-electron chi connectivity index (χ4n) is 3.84. The highest BCUT2D eigenvalue weighted by Crippen LogP contribution is 2.48. The molecule has 5 rings (SSSR count). The van der Waals surface area contributed by atoms with Crippen molar-refractivity contribution < 1.29 is 4.74 Å². The van der Waals surface area contributed by atoms with E-state index in [1.807, 2.05) is 67.9 Å². The summed E-state index contributed by atoms with van der Waals surface area (Å²) in [6.45, 7) is 1.94. The van der Waals surface area contributed by atoms with Crippen LogP contribution in [0.25, 0.3) is 17.1 Å². The fourth-order valence-corrected chi connectivity index (χ4v) is 4.69. The second kappa shape index (κ2) is 6.90. The van der Waals surface area contributed by atoms with Gasteiger partial charge in [-0.05, 0) is 36.6 Å². The number of nitriles is 1. The van der Waals surface area contributed by atoms with Crippen LogP contribution in [-0.2, 0) is 7.05 Å². The zero-order valence-corrected chi connectivity index (χ0v) is 17.2. The molecule has 0 saturated carbocycles. The van der Waals surface area contributed by atoms with Crippen molar-refractivity contribution in [2.75, 3.05) is 0 Å². The van der Waals surface area contributed by atoms with Gasteiger partial charge in [-0.2, -0.15) is 20.1 Å². The van der Waals surface area contributed by atoms with Gasteiger partial charge in [0.2, 0.25) is 11.8 Å².